The van der Waals surface area contributed by atoms with Crippen molar-refractivity contribution in [2.75, 3.05) is 31.6 Å². The van der Waals surface area contributed by atoms with Gasteiger partial charge in [0.25, 0.3) is 0 Å². The number of carbonyl (C=O) groups is 2. The summed E-state index contributed by atoms with van der Waals surface area (Å²) in [5, 5.41) is 7.41. The second-order valence-electron chi connectivity index (χ2n) is 6.00. The first-order valence-electron chi connectivity index (χ1n) is 8.39. The minimum Gasteiger partial charge on any atom is -0.469 e. The van der Waals surface area contributed by atoms with Crippen molar-refractivity contribution < 1.29 is 14.3 Å². The number of ether oxygens (including phenoxy) is 1. The number of carbonyl (C=O) groups excluding carboxylic acids is 2. The molecule has 3 N–H and O–H groups in total. The molecule has 2 aromatic rings. The summed E-state index contributed by atoms with van der Waals surface area (Å²) >= 11 is 0. The molecule has 0 spiro atoms. The highest BCUT2D eigenvalue weighted by molar-refractivity contribution is 5.95. The van der Waals surface area contributed by atoms with E-state index in [4.69, 9.17) is 11.1 Å². The van der Waals surface area contributed by atoms with E-state index in [1.807, 2.05) is 0 Å². The van der Waals surface area contributed by atoms with Crippen molar-refractivity contribution in [1.82, 2.24) is 14.9 Å². The lowest BCUT2D eigenvalue weighted by molar-refractivity contribution is -0.140. The van der Waals surface area contributed by atoms with Crippen LogP contribution in [0.3, 0.4) is 0 Å². The molecule has 1 saturated heterocycles. The fourth-order valence-corrected chi connectivity index (χ4v) is 2.77. The SMILES string of the molecule is COC(=O)CCN1CCN(c2cnc(-c3ccc(C(=N)N)cc3)nc2)C1=O.Cl. The molecule has 1 fully saturated rings. The summed E-state index contributed by atoms with van der Waals surface area (Å²) in [6.07, 6.45) is 3.37. The van der Waals surface area contributed by atoms with Gasteiger partial charge in [-0.25, -0.2) is 14.8 Å². The maximum atomic E-state index is 12.5. The number of methoxy groups -OCH3 is 1. The van der Waals surface area contributed by atoms with E-state index in [0.717, 1.165) is 5.56 Å². The third-order valence-corrected chi connectivity index (χ3v) is 4.31. The fraction of sp³-hybridized carbons (Fsp3) is 0.278. The first-order chi connectivity index (χ1) is 13.0. The van der Waals surface area contributed by atoms with Crippen LogP contribution in [-0.4, -0.2) is 59.4 Å². The van der Waals surface area contributed by atoms with Crippen LogP contribution >= 0.6 is 12.4 Å². The highest BCUT2D eigenvalue weighted by Gasteiger charge is 2.30. The molecule has 0 saturated carbocycles. The topological polar surface area (TPSA) is 126 Å². The van der Waals surface area contributed by atoms with Crippen LogP contribution in [0.15, 0.2) is 36.7 Å². The number of benzene rings is 1. The zero-order valence-corrected chi connectivity index (χ0v) is 16.1. The average Bonchev–Trinajstić information content (AvgIpc) is 3.06. The highest BCUT2D eigenvalue weighted by Crippen LogP contribution is 2.21. The number of amidine groups is 1. The molecule has 148 valence electrons. The van der Waals surface area contributed by atoms with Crippen molar-refractivity contribution >= 4 is 35.9 Å². The number of nitrogens with zero attached hydrogens (tertiary/aromatic N) is 4. The highest BCUT2D eigenvalue weighted by atomic mass is 35.5. The monoisotopic (exact) mass is 404 g/mol. The van der Waals surface area contributed by atoms with Gasteiger partial charge in [0.15, 0.2) is 5.82 Å². The van der Waals surface area contributed by atoms with Gasteiger partial charge in [0.2, 0.25) is 0 Å². The van der Waals surface area contributed by atoms with Gasteiger partial charge in [-0.15, -0.1) is 12.4 Å². The van der Waals surface area contributed by atoms with Crippen molar-refractivity contribution in [3.8, 4) is 11.4 Å². The Kier molecular flexibility index (Phi) is 6.89. The minimum absolute atomic E-state index is 0. The summed E-state index contributed by atoms with van der Waals surface area (Å²) in [5.74, 6) is 0.176. The summed E-state index contributed by atoms with van der Waals surface area (Å²) in [6, 6.07) is 6.87. The standard InChI is InChI=1S/C18H20N6O3.ClH/c1-27-15(25)6-7-23-8-9-24(18(23)26)14-10-21-17(22-11-14)13-4-2-12(3-5-13)16(19)20;/h2-5,10-11H,6-9H2,1H3,(H3,19,20);1H. The Morgan fingerprint density at radius 2 is 1.86 bits per heavy atom. The third-order valence-electron chi connectivity index (χ3n) is 4.31. The van der Waals surface area contributed by atoms with Gasteiger partial charge in [-0.05, 0) is 0 Å². The zero-order chi connectivity index (χ0) is 19.4. The number of hydrogen-bond donors (Lipinski definition) is 2. The van der Waals surface area contributed by atoms with E-state index in [-0.39, 0.29) is 36.7 Å². The van der Waals surface area contributed by atoms with E-state index < -0.39 is 0 Å². The molecule has 9 nitrogen and oxygen atoms in total. The summed E-state index contributed by atoms with van der Waals surface area (Å²) in [6.45, 7) is 1.36. The molecule has 0 bridgehead atoms. The predicted molar refractivity (Wildman–Crippen MR) is 107 cm³/mol. The number of esters is 1. The van der Waals surface area contributed by atoms with E-state index in [9.17, 15) is 9.59 Å². The van der Waals surface area contributed by atoms with Crippen LogP contribution in [0, 0.1) is 5.41 Å². The number of urea groups is 1. The lowest BCUT2D eigenvalue weighted by atomic mass is 10.1. The van der Waals surface area contributed by atoms with Gasteiger partial charge in [0, 0.05) is 30.8 Å². The van der Waals surface area contributed by atoms with Gasteiger partial charge in [0.05, 0.1) is 31.6 Å². The van der Waals surface area contributed by atoms with Crippen LogP contribution in [0.25, 0.3) is 11.4 Å². The smallest absolute Gasteiger partial charge is 0.324 e. The number of amides is 2. The molecular weight excluding hydrogens is 384 g/mol. The molecule has 0 radical (unpaired) electrons. The van der Waals surface area contributed by atoms with Crippen molar-refractivity contribution in [3.63, 3.8) is 0 Å². The maximum Gasteiger partial charge on any atom is 0.324 e. The molecule has 0 atom stereocenters. The molecule has 10 heteroatoms. The zero-order valence-electron chi connectivity index (χ0n) is 15.3. The molecule has 0 unspecified atom stereocenters. The summed E-state index contributed by atoms with van der Waals surface area (Å²) in [5.41, 5.74) is 7.47. The van der Waals surface area contributed by atoms with Crippen molar-refractivity contribution in [2.45, 2.75) is 6.42 Å². The van der Waals surface area contributed by atoms with E-state index >= 15 is 0 Å². The number of hydrogen-bond acceptors (Lipinski definition) is 6. The third kappa shape index (κ3) is 4.55. The lowest BCUT2D eigenvalue weighted by Crippen LogP contribution is -2.33. The van der Waals surface area contributed by atoms with Crippen LogP contribution < -0.4 is 10.6 Å². The first-order valence-corrected chi connectivity index (χ1v) is 8.39. The Morgan fingerprint density at radius 1 is 1.21 bits per heavy atom. The molecule has 2 heterocycles. The van der Waals surface area contributed by atoms with E-state index in [2.05, 4.69) is 14.7 Å². The van der Waals surface area contributed by atoms with E-state index in [1.165, 1.54) is 7.11 Å². The van der Waals surface area contributed by atoms with Crippen molar-refractivity contribution in [1.29, 1.82) is 5.41 Å². The molecule has 28 heavy (non-hydrogen) atoms. The maximum absolute atomic E-state index is 12.5. The number of aromatic nitrogens is 2. The number of nitrogens with one attached hydrogen (secondary N) is 1. The van der Waals surface area contributed by atoms with Crippen LogP contribution in [-0.2, 0) is 9.53 Å². The molecule has 1 aliphatic heterocycles. The van der Waals surface area contributed by atoms with Crippen molar-refractivity contribution in [2.24, 2.45) is 5.73 Å². The Bertz CT molecular complexity index is 857. The van der Waals surface area contributed by atoms with Crippen LogP contribution in [0.2, 0.25) is 0 Å². The lowest BCUT2D eigenvalue weighted by Gasteiger charge is -2.18. The largest absolute Gasteiger partial charge is 0.469 e. The molecule has 1 aromatic heterocycles. The van der Waals surface area contributed by atoms with Crippen LogP contribution in [0.1, 0.15) is 12.0 Å². The molecule has 1 aromatic carbocycles. The Hall–Kier alpha value is -3.20. The quantitative estimate of drug-likeness (QED) is 0.428. The Labute approximate surface area is 168 Å². The molecule has 3 rings (SSSR count). The van der Waals surface area contributed by atoms with E-state index in [0.29, 0.717) is 36.7 Å². The first kappa shape index (κ1) is 21.1. The van der Waals surface area contributed by atoms with E-state index in [1.54, 1.807) is 46.5 Å². The second-order valence-corrected chi connectivity index (χ2v) is 6.00. The number of rotatable bonds is 6. The van der Waals surface area contributed by atoms with Crippen LogP contribution in [0.4, 0.5) is 10.5 Å². The Morgan fingerprint density at radius 3 is 2.43 bits per heavy atom. The number of halogens is 1. The Balaban J connectivity index is 0.00000280. The van der Waals surface area contributed by atoms with Gasteiger partial charge in [-0.1, -0.05) is 24.3 Å². The summed E-state index contributed by atoms with van der Waals surface area (Å²) < 4.78 is 4.60. The van der Waals surface area contributed by atoms with Gasteiger partial charge in [0.1, 0.15) is 5.84 Å². The van der Waals surface area contributed by atoms with Gasteiger partial charge >= 0.3 is 12.0 Å². The second kappa shape index (κ2) is 9.14. The summed E-state index contributed by atoms with van der Waals surface area (Å²) in [4.78, 5) is 35.6. The van der Waals surface area contributed by atoms with Gasteiger partial charge in [-0.2, -0.15) is 0 Å². The molecule has 0 aliphatic carbocycles. The fourth-order valence-electron chi connectivity index (χ4n) is 2.77. The normalized spacial score (nSPS) is 13.2. The van der Waals surface area contributed by atoms with Gasteiger partial charge in [-0.3, -0.25) is 15.1 Å². The summed E-state index contributed by atoms with van der Waals surface area (Å²) in [7, 11) is 1.33. The van der Waals surface area contributed by atoms with Gasteiger partial charge < -0.3 is 15.4 Å². The number of nitrogen functional groups attached to an aromatic ring is 1. The molecule has 1 aliphatic rings. The number of anilines is 1. The van der Waals surface area contributed by atoms with Crippen LogP contribution in [0.5, 0.6) is 0 Å². The minimum atomic E-state index is -0.343. The predicted octanol–water partition coefficient (Wildman–Crippen LogP) is 1.65. The molecule has 2 amide bonds. The van der Waals surface area contributed by atoms with Crippen molar-refractivity contribution in [3.05, 3.63) is 42.2 Å². The number of nitrogens with two attached hydrogens (primary N) is 1. The average molecular weight is 405 g/mol. The molecular formula is C18H21ClN6O3.